The van der Waals surface area contributed by atoms with Gasteiger partial charge in [-0.05, 0) is 30.9 Å². The van der Waals surface area contributed by atoms with Crippen LogP contribution in [0.1, 0.15) is 18.1 Å². The molecular weight excluding hydrogens is 318 g/mol. The molecule has 0 saturated carbocycles. The van der Waals surface area contributed by atoms with E-state index in [4.69, 9.17) is 9.47 Å². The molecule has 25 heavy (non-hydrogen) atoms. The Morgan fingerprint density at radius 2 is 2.12 bits per heavy atom. The molecule has 2 unspecified atom stereocenters. The maximum absolute atomic E-state index is 11.9. The molecule has 6 heteroatoms. The van der Waals surface area contributed by atoms with Crippen molar-refractivity contribution in [3.8, 4) is 5.75 Å². The zero-order valence-corrected chi connectivity index (χ0v) is 15.8. The lowest BCUT2D eigenvalue weighted by Crippen LogP contribution is -2.41. The fourth-order valence-electron chi connectivity index (χ4n) is 3.34. The Morgan fingerprint density at radius 3 is 2.76 bits per heavy atom. The number of guanidine groups is 1. The summed E-state index contributed by atoms with van der Waals surface area (Å²) in [6.45, 7) is 6.34. The Balaban J connectivity index is 1.94. The van der Waals surface area contributed by atoms with Crippen molar-refractivity contribution in [1.29, 1.82) is 0 Å². The van der Waals surface area contributed by atoms with E-state index in [-0.39, 0.29) is 17.8 Å². The molecule has 1 heterocycles. The predicted molar refractivity (Wildman–Crippen MR) is 99.0 cm³/mol. The molecule has 0 radical (unpaired) electrons. The highest BCUT2D eigenvalue weighted by Crippen LogP contribution is 2.24. The first kappa shape index (κ1) is 19.1. The van der Waals surface area contributed by atoms with Gasteiger partial charge in [0, 0.05) is 26.7 Å². The van der Waals surface area contributed by atoms with E-state index >= 15 is 0 Å². The average Bonchev–Trinajstić information content (AvgIpc) is 2.99. The molecule has 1 N–H and O–H groups in total. The quantitative estimate of drug-likeness (QED) is 0.500. The fraction of sp³-hybridized carbons (Fsp3) is 0.579. The molecule has 1 aromatic rings. The number of carbonyl (C=O) groups excluding carboxylic acids is 1. The summed E-state index contributed by atoms with van der Waals surface area (Å²) in [4.78, 5) is 18.3. The molecule has 2 rings (SSSR count). The standard InChI is InChI=1S/C19H29N3O3/c1-13-6-7-17(24-4)15(10-13)8-9-21-19(20-3)22-11-14(2)16(12-22)18(23)25-5/h6-7,10,14,16H,8-9,11-12H2,1-5H3,(H,20,21). The maximum Gasteiger partial charge on any atom is 0.310 e. The van der Waals surface area contributed by atoms with Crippen molar-refractivity contribution in [3.05, 3.63) is 29.3 Å². The van der Waals surface area contributed by atoms with Gasteiger partial charge in [-0.1, -0.05) is 24.6 Å². The van der Waals surface area contributed by atoms with Crippen molar-refractivity contribution in [2.45, 2.75) is 20.3 Å². The Morgan fingerprint density at radius 1 is 1.36 bits per heavy atom. The third kappa shape index (κ3) is 4.65. The normalized spacial score (nSPS) is 20.5. The number of benzene rings is 1. The van der Waals surface area contributed by atoms with Gasteiger partial charge in [-0.25, -0.2) is 0 Å². The van der Waals surface area contributed by atoms with Gasteiger partial charge in [0.25, 0.3) is 0 Å². The number of ether oxygens (including phenoxy) is 2. The van der Waals surface area contributed by atoms with Gasteiger partial charge in [0.1, 0.15) is 5.75 Å². The molecule has 0 aromatic heterocycles. The first-order valence-electron chi connectivity index (χ1n) is 8.67. The SMILES string of the molecule is CN=C(NCCc1cc(C)ccc1OC)N1CC(C)C(C(=O)OC)C1. The number of esters is 1. The highest BCUT2D eigenvalue weighted by Gasteiger charge is 2.36. The molecule has 1 aromatic carbocycles. The number of hydrogen-bond donors (Lipinski definition) is 1. The highest BCUT2D eigenvalue weighted by molar-refractivity contribution is 5.82. The van der Waals surface area contributed by atoms with Gasteiger partial charge in [0.2, 0.25) is 0 Å². The smallest absolute Gasteiger partial charge is 0.310 e. The van der Waals surface area contributed by atoms with Gasteiger partial charge in [-0.15, -0.1) is 0 Å². The van der Waals surface area contributed by atoms with Crippen LogP contribution in [-0.2, 0) is 16.0 Å². The molecule has 0 spiro atoms. The van der Waals surface area contributed by atoms with Gasteiger partial charge in [0.05, 0.1) is 20.1 Å². The van der Waals surface area contributed by atoms with Crippen LogP contribution in [0.4, 0.5) is 0 Å². The Labute approximate surface area is 150 Å². The summed E-state index contributed by atoms with van der Waals surface area (Å²) in [7, 11) is 4.91. The lowest BCUT2D eigenvalue weighted by atomic mass is 9.99. The van der Waals surface area contributed by atoms with Gasteiger partial charge in [-0.2, -0.15) is 0 Å². The summed E-state index contributed by atoms with van der Waals surface area (Å²) in [5, 5.41) is 3.40. The highest BCUT2D eigenvalue weighted by atomic mass is 16.5. The van der Waals surface area contributed by atoms with E-state index in [0.717, 1.165) is 31.2 Å². The number of nitrogens with one attached hydrogen (secondary N) is 1. The number of nitrogens with zero attached hydrogens (tertiary/aromatic N) is 2. The third-order valence-corrected chi connectivity index (χ3v) is 4.74. The summed E-state index contributed by atoms with van der Waals surface area (Å²) in [5.74, 6) is 1.74. The number of carbonyl (C=O) groups is 1. The number of aliphatic imine (C=N–C) groups is 1. The van der Waals surface area contributed by atoms with Crippen LogP contribution in [0, 0.1) is 18.8 Å². The second-order valence-corrected chi connectivity index (χ2v) is 6.55. The molecule has 1 saturated heterocycles. The molecule has 0 bridgehead atoms. The van der Waals surface area contributed by atoms with Gasteiger partial charge in [-0.3, -0.25) is 9.79 Å². The molecule has 1 fully saturated rings. The molecule has 0 amide bonds. The zero-order valence-electron chi connectivity index (χ0n) is 15.8. The van der Waals surface area contributed by atoms with Crippen LogP contribution in [0.5, 0.6) is 5.75 Å². The first-order chi connectivity index (χ1) is 12.0. The summed E-state index contributed by atoms with van der Waals surface area (Å²) in [5.41, 5.74) is 2.39. The van der Waals surface area contributed by atoms with Crippen LogP contribution in [0.3, 0.4) is 0 Å². The molecular formula is C19H29N3O3. The lowest BCUT2D eigenvalue weighted by Gasteiger charge is -2.21. The Hall–Kier alpha value is -2.24. The van der Waals surface area contributed by atoms with Gasteiger partial charge in [0.15, 0.2) is 5.96 Å². The summed E-state index contributed by atoms with van der Waals surface area (Å²) >= 11 is 0. The van der Waals surface area contributed by atoms with E-state index in [2.05, 4.69) is 35.1 Å². The van der Waals surface area contributed by atoms with Crippen LogP contribution in [0.2, 0.25) is 0 Å². The van der Waals surface area contributed by atoms with E-state index in [1.165, 1.54) is 18.2 Å². The van der Waals surface area contributed by atoms with E-state index in [1.54, 1.807) is 14.2 Å². The average molecular weight is 347 g/mol. The molecule has 1 aliphatic heterocycles. The zero-order chi connectivity index (χ0) is 18.4. The fourth-order valence-corrected chi connectivity index (χ4v) is 3.34. The molecule has 138 valence electrons. The summed E-state index contributed by atoms with van der Waals surface area (Å²) < 4.78 is 10.3. The second-order valence-electron chi connectivity index (χ2n) is 6.55. The third-order valence-electron chi connectivity index (χ3n) is 4.74. The predicted octanol–water partition coefficient (Wildman–Crippen LogP) is 1.86. The lowest BCUT2D eigenvalue weighted by molar-refractivity contribution is -0.145. The van der Waals surface area contributed by atoms with Crippen LogP contribution in [0.25, 0.3) is 0 Å². The number of hydrogen-bond acceptors (Lipinski definition) is 4. The van der Waals surface area contributed by atoms with Crippen molar-refractivity contribution in [3.63, 3.8) is 0 Å². The van der Waals surface area contributed by atoms with Gasteiger partial charge < -0.3 is 19.7 Å². The number of methoxy groups -OCH3 is 2. The van der Waals surface area contributed by atoms with Crippen molar-refractivity contribution >= 4 is 11.9 Å². The largest absolute Gasteiger partial charge is 0.496 e. The molecule has 2 atom stereocenters. The van der Waals surface area contributed by atoms with Crippen LogP contribution >= 0.6 is 0 Å². The number of rotatable bonds is 5. The minimum absolute atomic E-state index is 0.0968. The van der Waals surface area contributed by atoms with E-state index in [9.17, 15) is 4.79 Å². The minimum atomic E-state index is -0.144. The van der Waals surface area contributed by atoms with Crippen molar-refractivity contribution in [2.75, 3.05) is 40.9 Å². The monoisotopic (exact) mass is 347 g/mol. The van der Waals surface area contributed by atoms with E-state index < -0.39 is 0 Å². The van der Waals surface area contributed by atoms with Crippen LogP contribution < -0.4 is 10.1 Å². The Bertz CT molecular complexity index is 630. The number of likely N-dealkylation sites (tertiary alicyclic amines) is 1. The van der Waals surface area contributed by atoms with Crippen molar-refractivity contribution < 1.29 is 14.3 Å². The number of aryl methyl sites for hydroxylation is 1. The van der Waals surface area contributed by atoms with Gasteiger partial charge >= 0.3 is 5.97 Å². The van der Waals surface area contributed by atoms with E-state index in [1.807, 2.05) is 12.1 Å². The molecule has 6 nitrogen and oxygen atoms in total. The van der Waals surface area contributed by atoms with Crippen molar-refractivity contribution in [2.24, 2.45) is 16.8 Å². The topological polar surface area (TPSA) is 63.2 Å². The summed E-state index contributed by atoms with van der Waals surface area (Å²) in [6.07, 6.45) is 0.841. The Kier molecular flexibility index (Phi) is 6.67. The minimum Gasteiger partial charge on any atom is -0.496 e. The maximum atomic E-state index is 11.9. The molecule has 0 aliphatic carbocycles. The van der Waals surface area contributed by atoms with Crippen molar-refractivity contribution in [1.82, 2.24) is 10.2 Å². The second kappa shape index (κ2) is 8.74. The summed E-state index contributed by atoms with van der Waals surface area (Å²) in [6, 6.07) is 6.20. The van der Waals surface area contributed by atoms with Crippen LogP contribution in [-0.4, -0.2) is 57.7 Å². The van der Waals surface area contributed by atoms with E-state index in [0.29, 0.717) is 6.54 Å². The van der Waals surface area contributed by atoms with Crippen LogP contribution in [0.15, 0.2) is 23.2 Å². The molecule has 1 aliphatic rings. The first-order valence-corrected chi connectivity index (χ1v) is 8.67.